The van der Waals surface area contributed by atoms with Crippen LogP contribution in [0.3, 0.4) is 0 Å². The average Bonchev–Trinajstić information content (AvgIpc) is 2.85. The Morgan fingerprint density at radius 3 is 2.74 bits per heavy atom. The highest BCUT2D eigenvalue weighted by atomic mass is 35.5. The molecule has 0 radical (unpaired) electrons. The number of aromatic nitrogens is 4. The summed E-state index contributed by atoms with van der Waals surface area (Å²) in [5.74, 6) is 0.829. The van der Waals surface area contributed by atoms with Crippen molar-refractivity contribution in [3.63, 3.8) is 0 Å². The second-order valence-corrected chi connectivity index (χ2v) is 4.24. The maximum absolute atomic E-state index is 6.00. The molecule has 96 valence electrons. The van der Waals surface area contributed by atoms with Crippen LogP contribution in [0.25, 0.3) is 16.7 Å². The second-order valence-electron chi connectivity index (χ2n) is 3.89. The number of ether oxygens (including phenoxy) is 1. The minimum absolute atomic E-state index is 0.405. The molecule has 1 aromatic carbocycles. The fourth-order valence-corrected chi connectivity index (χ4v) is 2.03. The van der Waals surface area contributed by atoms with Crippen molar-refractivity contribution < 1.29 is 4.74 Å². The van der Waals surface area contributed by atoms with Gasteiger partial charge in [-0.15, -0.1) is 0 Å². The maximum atomic E-state index is 6.00. The van der Waals surface area contributed by atoms with E-state index in [1.54, 1.807) is 10.9 Å². The van der Waals surface area contributed by atoms with Crippen molar-refractivity contribution in [3.8, 4) is 11.4 Å². The zero-order valence-electron chi connectivity index (χ0n) is 10.2. The number of rotatable bonds is 3. The van der Waals surface area contributed by atoms with E-state index < -0.39 is 0 Å². The molecule has 0 bridgehead atoms. The highest BCUT2D eigenvalue weighted by Gasteiger charge is 2.09. The topological polar surface area (TPSA) is 52.8 Å². The van der Waals surface area contributed by atoms with Gasteiger partial charge in [0.25, 0.3) is 0 Å². The Morgan fingerprint density at radius 2 is 2.00 bits per heavy atom. The van der Waals surface area contributed by atoms with E-state index in [4.69, 9.17) is 16.3 Å². The number of benzene rings is 1. The van der Waals surface area contributed by atoms with Crippen molar-refractivity contribution in [1.82, 2.24) is 19.7 Å². The first-order valence-corrected chi connectivity index (χ1v) is 6.25. The summed E-state index contributed by atoms with van der Waals surface area (Å²) in [6, 6.07) is 7.64. The molecular weight excluding hydrogens is 264 g/mol. The van der Waals surface area contributed by atoms with E-state index in [9.17, 15) is 0 Å². The van der Waals surface area contributed by atoms with Gasteiger partial charge in [-0.05, 0) is 31.2 Å². The van der Waals surface area contributed by atoms with Gasteiger partial charge in [0.05, 0.1) is 23.9 Å². The fraction of sp³-hybridized carbons (Fsp3) is 0.154. The zero-order valence-corrected chi connectivity index (χ0v) is 11.0. The van der Waals surface area contributed by atoms with Crippen LogP contribution in [-0.4, -0.2) is 26.4 Å². The molecule has 0 saturated carbocycles. The van der Waals surface area contributed by atoms with Crippen molar-refractivity contribution in [2.75, 3.05) is 6.61 Å². The highest BCUT2D eigenvalue weighted by molar-refractivity contribution is 6.33. The summed E-state index contributed by atoms with van der Waals surface area (Å²) in [6.07, 6.45) is 3.09. The molecule has 0 aliphatic heterocycles. The van der Waals surface area contributed by atoms with E-state index in [0.29, 0.717) is 17.4 Å². The van der Waals surface area contributed by atoms with E-state index in [0.717, 1.165) is 16.8 Å². The van der Waals surface area contributed by atoms with Gasteiger partial charge < -0.3 is 4.74 Å². The van der Waals surface area contributed by atoms with Crippen LogP contribution in [0.1, 0.15) is 6.92 Å². The van der Waals surface area contributed by atoms with Crippen LogP contribution in [0.5, 0.6) is 5.75 Å². The summed E-state index contributed by atoms with van der Waals surface area (Å²) in [5.41, 5.74) is 1.58. The van der Waals surface area contributed by atoms with Gasteiger partial charge in [-0.25, -0.2) is 14.6 Å². The van der Waals surface area contributed by atoms with Gasteiger partial charge in [-0.3, -0.25) is 0 Å². The lowest BCUT2D eigenvalue weighted by Crippen LogP contribution is -1.98. The van der Waals surface area contributed by atoms with Crippen molar-refractivity contribution in [2.45, 2.75) is 6.92 Å². The van der Waals surface area contributed by atoms with Crippen molar-refractivity contribution in [2.24, 2.45) is 0 Å². The lowest BCUT2D eigenvalue weighted by Gasteiger charge is -2.05. The number of hydrogen-bond acceptors (Lipinski definition) is 4. The molecule has 3 rings (SSSR count). The quantitative estimate of drug-likeness (QED) is 0.689. The van der Waals surface area contributed by atoms with E-state index in [-0.39, 0.29) is 0 Å². The van der Waals surface area contributed by atoms with Crippen LogP contribution in [0.15, 0.2) is 36.8 Å². The summed E-state index contributed by atoms with van der Waals surface area (Å²) in [7, 11) is 0. The Kier molecular flexibility index (Phi) is 3.05. The molecule has 0 aliphatic carbocycles. The first-order valence-electron chi connectivity index (χ1n) is 5.87. The first-order chi connectivity index (χ1) is 9.29. The third-order valence-corrected chi connectivity index (χ3v) is 3.01. The Hall–Kier alpha value is -2.14. The van der Waals surface area contributed by atoms with Gasteiger partial charge in [0.2, 0.25) is 0 Å². The molecule has 0 saturated heterocycles. The maximum Gasteiger partial charge on any atom is 0.167 e. The summed E-state index contributed by atoms with van der Waals surface area (Å²) < 4.78 is 7.13. The van der Waals surface area contributed by atoms with Crippen LogP contribution < -0.4 is 4.74 Å². The third kappa shape index (κ3) is 2.13. The molecule has 0 atom stereocenters. The van der Waals surface area contributed by atoms with E-state index >= 15 is 0 Å². The van der Waals surface area contributed by atoms with Gasteiger partial charge in [-0.1, -0.05) is 11.6 Å². The lowest BCUT2D eigenvalue weighted by molar-refractivity contribution is 0.340. The van der Waals surface area contributed by atoms with Crippen molar-refractivity contribution >= 4 is 22.6 Å². The Balaban J connectivity index is 2.06. The van der Waals surface area contributed by atoms with Crippen molar-refractivity contribution in [3.05, 3.63) is 41.9 Å². The van der Waals surface area contributed by atoms with E-state index in [1.165, 1.54) is 6.33 Å². The van der Waals surface area contributed by atoms with Crippen molar-refractivity contribution in [1.29, 1.82) is 0 Å². The van der Waals surface area contributed by atoms with Crippen LogP contribution >= 0.6 is 11.6 Å². The molecule has 0 fully saturated rings. The minimum atomic E-state index is 0.405. The first kappa shape index (κ1) is 11.9. The summed E-state index contributed by atoms with van der Waals surface area (Å²) >= 11 is 6.00. The molecule has 0 spiro atoms. The molecule has 2 heterocycles. The monoisotopic (exact) mass is 274 g/mol. The molecule has 3 aromatic rings. The van der Waals surface area contributed by atoms with Gasteiger partial charge in [-0.2, -0.15) is 5.10 Å². The standard InChI is InChI=1S/C13H11ClN4O/c1-2-19-10-5-3-9(4-6-10)18-13-11(7-17-18)12(14)15-8-16-13/h3-8H,2H2,1H3. The molecular formula is C13H11ClN4O. The van der Waals surface area contributed by atoms with Gasteiger partial charge >= 0.3 is 0 Å². The predicted molar refractivity (Wildman–Crippen MR) is 72.8 cm³/mol. The Morgan fingerprint density at radius 1 is 1.21 bits per heavy atom. The fourth-order valence-electron chi connectivity index (χ4n) is 1.85. The van der Waals surface area contributed by atoms with Gasteiger partial charge in [0.1, 0.15) is 17.2 Å². The molecule has 19 heavy (non-hydrogen) atoms. The van der Waals surface area contributed by atoms with Crippen LogP contribution in [0, 0.1) is 0 Å². The van der Waals surface area contributed by atoms with E-state index in [1.807, 2.05) is 31.2 Å². The minimum Gasteiger partial charge on any atom is -0.494 e. The largest absolute Gasteiger partial charge is 0.494 e. The molecule has 0 aliphatic rings. The van der Waals surface area contributed by atoms with Crippen LogP contribution in [0.2, 0.25) is 5.15 Å². The van der Waals surface area contributed by atoms with Crippen LogP contribution in [0.4, 0.5) is 0 Å². The third-order valence-electron chi connectivity index (χ3n) is 2.71. The SMILES string of the molecule is CCOc1ccc(-n2ncc3c(Cl)ncnc32)cc1. The van der Waals surface area contributed by atoms with E-state index in [2.05, 4.69) is 15.1 Å². The molecule has 2 aromatic heterocycles. The normalized spacial score (nSPS) is 10.8. The highest BCUT2D eigenvalue weighted by Crippen LogP contribution is 2.22. The molecule has 0 unspecified atom stereocenters. The lowest BCUT2D eigenvalue weighted by atomic mass is 10.3. The molecule has 5 nitrogen and oxygen atoms in total. The molecule has 0 amide bonds. The van der Waals surface area contributed by atoms with Gasteiger partial charge in [0.15, 0.2) is 5.65 Å². The van der Waals surface area contributed by atoms with Crippen LogP contribution in [-0.2, 0) is 0 Å². The molecule has 0 N–H and O–H groups in total. The van der Waals surface area contributed by atoms with Gasteiger partial charge in [0, 0.05) is 0 Å². The Labute approximate surface area is 114 Å². The Bertz CT molecular complexity index is 708. The smallest absolute Gasteiger partial charge is 0.167 e. The second kappa shape index (κ2) is 4.85. The predicted octanol–water partition coefficient (Wildman–Crippen LogP) is 2.87. The average molecular weight is 275 g/mol. The number of hydrogen-bond donors (Lipinski definition) is 0. The molecule has 6 heteroatoms. The summed E-state index contributed by atoms with van der Waals surface area (Å²) in [6.45, 7) is 2.60. The number of halogens is 1. The summed E-state index contributed by atoms with van der Waals surface area (Å²) in [5, 5.41) is 5.43. The summed E-state index contributed by atoms with van der Waals surface area (Å²) in [4.78, 5) is 8.14. The zero-order chi connectivity index (χ0) is 13.2. The number of nitrogens with zero attached hydrogens (tertiary/aromatic N) is 4. The number of fused-ring (bicyclic) bond motifs is 1.